The second kappa shape index (κ2) is 8.18. The van der Waals surface area contributed by atoms with Gasteiger partial charge < -0.3 is 10.1 Å². The number of pyridine rings is 1. The Balaban J connectivity index is 1.64. The summed E-state index contributed by atoms with van der Waals surface area (Å²) in [7, 11) is 0. The minimum atomic E-state index is -0.550. The summed E-state index contributed by atoms with van der Waals surface area (Å²) in [6, 6.07) is 16.0. The van der Waals surface area contributed by atoms with E-state index >= 15 is 0 Å². The summed E-state index contributed by atoms with van der Waals surface area (Å²) in [6.45, 7) is 3.30. The first-order valence-electron chi connectivity index (χ1n) is 8.52. The summed E-state index contributed by atoms with van der Waals surface area (Å²) in [5.41, 5.74) is 2.73. The van der Waals surface area contributed by atoms with Crippen molar-refractivity contribution in [2.75, 3.05) is 6.61 Å². The second-order valence-corrected chi connectivity index (χ2v) is 6.68. The molecule has 0 bridgehead atoms. The van der Waals surface area contributed by atoms with Gasteiger partial charge in [-0.1, -0.05) is 41.9 Å². The molecule has 0 spiro atoms. The van der Waals surface area contributed by atoms with E-state index in [-0.39, 0.29) is 18.6 Å². The van der Waals surface area contributed by atoms with Gasteiger partial charge in [-0.05, 0) is 43.7 Å². The number of aryl methyl sites for hydroxylation is 1. The predicted molar refractivity (Wildman–Crippen MR) is 105 cm³/mol. The highest BCUT2D eigenvalue weighted by Gasteiger charge is 2.16. The van der Waals surface area contributed by atoms with E-state index in [2.05, 4.69) is 10.3 Å². The number of ether oxygens (including phenoxy) is 1. The van der Waals surface area contributed by atoms with Gasteiger partial charge in [0.15, 0.2) is 6.61 Å². The lowest BCUT2D eigenvalue weighted by Gasteiger charge is -2.15. The van der Waals surface area contributed by atoms with E-state index in [9.17, 15) is 9.59 Å². The molecule has 0 aliphatic carbocycles. The van der Waals surface area contributed by atoms with Crippen LogP contribution < -0.4 is 5.32 Å². The molecular formula is C21H19ClN2O3. The topological polar surface area (TPSA) is 68.3 Å². The van der Waals surface area contributed by atoms with Crippen LogP contribution in [-0.2, 0) is 9.53 Å². The number of halogens is 1. The molecule has 3 rings (SSSR count). The number of nitrogens with one attached hydrogen (secondary N) is 1. The third kappa shape index (κ3) is 4.63. The van der Waals surface area contributed by atoms with Gasteiger partial charge in [0.2, 0.25) is 0 Å². The Morgan fingerprint density at radius 3 is 2.59 bits per heavy atom. The second-order valence-electron chi connectivity index (χ2n) is 6.25. The van der Waals surface area contributed by atoms with Crippen LogP contribution in [0.2, 0.25) is 5.02 Å². The monoisotopic (exact) mass is 382 g/mol. The standard InChI is InChI=1S/C21H19ClN2O3/c1-13-11-18(17-5-3-4-6-19(17)23-13)21(26)27-12-20(25)24-14(2)15-7-9-16(22)10-8-15/h3-11,14H,12H2,1-2H3,(H,24,25)/t14-/m0/s1. The summed E-state index contributed by atoms with van der Waals surface area (Å²) in [5.74, 6) is -0.924. The van der Waals surface area contributed by atoms with Gasteiger partial charge in [-0.25, -0.2) is 4.79 Å². The van der Waals surface area contributed by atoms with E-state index in [1.54, 1.807) is 24.3 Å². The van der Waals surface area contributed by atoms with Crippen molar-refractivity contribution in [3.8, 4) is 0 Å². The number of benzene rings is 2. The Kier molecular flexibility index (Phi) is 5.72. The molecule has 1 aromatic heterocycles. The van der Waals surface area contributed by atoms with Gasteiger partial charge in [-0.2, -0.15) is 0 Å². The number of carbonyl (C=O) groups excluding carboxylic acids is 2. The number of carbonyl (C=O) groups is 2. The van der Waals surface area contributed by atoms with Crippen LogP contribution in [-0.4, -0.2) is 23.5 Å². The first-order valence-corrected chi connectivity index (χ1v) is 8.90. The molecule has 0 unspecified atom stereocenters. The lowest BCUT2D eigenvalue weighted by Crippen LogP contribution is -2.31. The number of fused-ring (bicyclic) bond motifs is 1. The zero-order valence-electron chi connectivity index (χ0n) is 15.0. The summed E-state index contributed by atoms with van der Waals surface area (Å²) < 4.78 is 5.21. The van der Waals surface area contributed by atoms with E-state index in [1.165, 1.54) is 0 Å². The van der Waals surface area contributed by atoms with Crippen molar-refractivity contribution in [1.29, 1.82) is 0 Å². The molecule has 0 aliphatic rings. The molecule has 1 amide bonds. The molecule has 0 aliphatic heterocycles. The van der Waals surface area contributed by atoms with Gasteiger partial charge in [-0.3, -0.25) is 9.78 Å². The fourth-order valence-electron chi connectivity index (χ4n) is 2.80. The maximum Gasteiger partial charge on any atom is 0.339 e. The van der Waals surface area contributed by atoms with Crippen LogP contribution >= 0.6 is 11.6 Å². The van der Waals surface area contributed by atoms with Gasteiger partial charge in [0.1, 0.15) is 0 Å². The fraction of sp³-hybridized carbons (Fsp3) is 0.190. The van der Waals surface area contributed by atoms with Crippen molar-refractivity contribution in [2.24, 2.45) is 0 Å². The van der Waals surface area contributed by atoms with Crippen molar-refractivity contribution in [3.63, 3.8) is 0 Å². The smallest absolute Gasteiger partial charge is 0.339 e. The molecule has 0 fully saturated rings. The number of para-hydroxylation sites is 1. The Morgan fingerprint density at radius 2 is 1.85 bits per heavy atom. The van der Waals surface area contributed by atoms with Crippen LogP contribution in [0.1, 0.15) is 34.6 Å². The van der Waals surface area contributed by atoms with Gasteiger partial charge in [0.05, 0.1) is 17.1 Å². The molecule has 0 saturated heterocycles. The molecule has 0 saturated carbocycles. The van der Waals surface area contributed by atoms with E-state index < -0.39 is 5.97 Å². The number of hydrogen-bond donors (Lipinski definition) is 1. The Labute approximate surface area is 162 Å². The Morgan fingerprint density at radius 1 is 1.15 bits per heavy atom. The van der Waals surface area contributed by atoms with Gasteiger partial charge in [-0.15, -0.1) is 0 Å². The molecule has 2 aromatic carbocycles. The van der Waals surface area contributed by atoms with Crippen LogP contribution in [0.4, 0.5) is 0 Å². The van der Waals surface area contributed by atoms with Crippen LogP contribution in [0.3, 0.4) is 0 Å². The average Bonchev–Trinajstić information content (AvgIpc) is 2.65. The quantitative estimate of drug-likeness (QED) is 0.670. The first kappa shape index (κ1) is 18.9. The lowest BCUT2D eigenvalue weighted by atomic mass is 10.1. The van der Waals surface area contributed by atoms with E-state index in [4.69, 9.17) is 16.3 Å². The molecule has 0 radical (unpaired) electrons. The summed E-state index contributed by atoms with van der Waals surface area (Å²) in [4.78, 5) is 29.0. The predicted octanol–water partition coefficient (Wildman–Crippen LogP) is 4.23. The molecule has 6 heteroatoms. The zero-order valence-corrected chi connectivity index (χ0v) is 15.8. The number of rotatable bonds is 5. The van der Waals surface area contributed by atoms with Crippen molar-refractivity contribution in [3.05, 3.63) is 76.4 Å². The number of hydrogen-bond acceptors (Lipinski definition) is 4. The van der Waals surface area contributed by atoms with Crippen molar-refractivity contribution < 1.29 is 14.3 Å². The molecular weight excluding hydrogens is 364 g/mol. The Bertz CT molecular complexity index is 986. The van der Waals surface area contributed by atoms with Crippen molar-refractivity contribution in [1.82, 2.24) is 10.3 Å². The van der Waals surface area contributed by atoms with Gasteiger partial charge in [0, 0.05) is 16.1 Å². The van der Waals surface area contributed by atoms with Gasteiger partial charge in [0.25, 0.3) is 5.91 Å². The minimum absolute atomic E-state index is 0.225. The molecule has 27 heavy (non-hydrogen) atoms. The summed E-state index contributed by atoms with van der Waals surface area (Å²) in [6.07, 6.45) is 0. The average molecular weight is 383 g/mol. The van der Waals surface area contributed by atoms with E-state index in [1.807, 2.05) is 44.2 Å². The third-order valence-corrected chi connectivity index (χ3v) is 4.40. The number of nitrogens with zero attached hydrogens (tertiary/aromatic N) is 1. The molecule has 1 heterocycles. The van der Waals surface area contributed by atoms with E-state index in [0.29, 0.717) is 27.2 Å². The number of aromatic nitrogens is 1. The summed E-state index contributed by atoms with van der Waals surface area (Å²) in [5, 5.41) is 4.13. The highest BCUT2D eigenvalue weighted by Crippen LogP contribution is 2.19. The van der Waals surface area contributed by atoms with Crippen LogP contribution in [0.15, 0.2) is 54.6 Å². The number of esters is 1. The molecule has 138 valence electrons. The fourth-order valence-corrected chi connectivity index (χ4v) is 2.93. The van der Waals surface area contributed by atoms with Crippen LogP contribution in [0.5, 0.6) is 0 Å². The van der Waals surface area contributed by atoms with Crippen LogP contribution in [0, 0.1) is 6.92 Å². The molecule has 1 N–H and O–H groups in total. The number of amides is 1. The third-order valence-electron chi connectivity index (χ3n) is 4.15. The first-order chi connectivity index (χ1) is 12.9. The summed E-state index contributed by atoms with van der Waals surface area (Å²) >= 11 is 5.87. The maximum atomic E-state index is 12.5. The largest absolute Gasteiger partial charge is 0.452 e. The van der Waals surface area contributed by atoms with E-state index in [0.717, 1.165) is 5.56 Å². The Hall–Kier alpha value is -2.92. The van der Waals surface area contributed by atoms with Crippen LogP contribution in [0.25, 0.3) is 10.9 Å². The minimum Gasteiger partial charge on any atom is -0.452 e. The highest BCUT2D eigenvalue weighted by atomic mass is 35.5. The lowest BCUT2D eigenvalue weighted by molar-refractivity contribution is -0.124. The SMILES string of the molecule is Cc1cc(C(=O)OCC(=O)N[C@@H](C)c2ccc(Cl)cc2)c2ccccc2n1. The maximum absolute atomic E-state index is 12.5. The van der Waals surface area contributed by atoms with Crippen molar-refractivity contribution in [2.45, 2.75) is 19.9 Å². The highest BCUT2D eigenvalue weighted by molar-refractivity contribution is 6.30. The van der Waals surface area contributed by atoms with Gasteiger partial charge >= 0.3 is 5.97 Å². The molecule has 5 nitrogen and oxygen atoms in total. The molecule has 1 atom stereocenters. The molecule has 3 aromatic rings. The normalized spacial score (nSPS) is 11.8. The zero-order chi connectivity index (χ0) is 19.4. The van der Waals surface area contributed by atoms with Crippen molar-refractivity contribution >= 4 is 34.4 Å².